The summed E-state index contributed by atoms with van der Waals surface area (Å²) in [5.41, 5.74) is 5.25. The van der Waals surface area contributed by atoms with E-state index in [2.05, 4.69) is 58.9 Å². The third kappa shape index (κ3) is 7.96. The van der Waals surface area contributed by atoms with Gasteiger partial charge in [0.15, 0.2) is 0 Å². The minimum atomic E-state index is -3.43. The van der Waals surface area contributed by atoms with Crippen molar-refractivity contribution in [3.05, 3.63) is 88.2 Å². The van der Waals surface area contributed by atoms with Gasteiger partial charge in [0.1, 0.15) is 4.83 Å². The molecular weight excluding hydrogens is 615 g/mol. The standard InChI is InChI=1S/C36H45N5O3S2/c1-36(2,3)28-11-12-31-26(21-28)20-27-23-33(45-35(27)39-31)34(42)38-32(25-8-7-9-29(22-25)40-46(4,43)44)15-19-41-17-13-24(14-18-41)30-10-5-6-16-37-30/h5-10,16,20,22-24,28,32,40H,11-15,17-19,21H2,1-4H3,(H,38,42)/t28-,32?/m0/s1. The lowest BCUT2D eigenvalue weighted by molar-refractivity contribution is 0.0933. The molecule has 0 radical (unpaired) electrons. The summed E-state index contributed by atoms with van der Waals surface area (Å²) in [6, 6.07) is 17.4. The molecule has 1 aliphatic carbocycles. The van der Waals surface area contributed by atoms with Gasteiger partial charge in [-0.05, 0) is 110 Å². The molecule has 46 heavy (non-hydrogen) atoms. The van der Waals surface area contributed by atoms with Gasteiger partial charge in [0.25, 0.3) is 5.91 Å². The van der Waals surface area contributed by atoms with E-state index in [0.29, 0.717) is 28.8 Å². The number of anilines is 1. The lowest BCUT2D eigenvalue weighted by Crippen LogP contribution is -2.36. The van der Waals surface area contributed by atoms with E-state index in [1.807, 2.05) is 36.5 Å². The van der Waals surface area contributed by atoms with Gasteiger partial charge in [0.05, 0.1) is 17.2 Å². The van der Waals surface area contributed by atoms with Crippen LogP contribution in [0.25, 0.3) is 10.2 Å². The Morgan fingerprint density at radius 2 is 1.87 bits per heavy atom. The largest absolute Gasteiger partial charge is 0.344 e. The van der Waals surface area contributed by atoms with Gasteiger partial charge in [-0.25, -0.2) is 13.4 Å². The van der Waals surface area contributed by atoms with E-state index < -0.39 is 10.0 Å². The Morgan fingerprint density at radius 3 is 2.59 bits per heavy atom. The van der Waals surface area contributed by atoms with Gasteiger partial charge in [-0.2, -0.15) is 0 Å². The van der Waals surface area contributed by atoms with Crippen molar-refractivity contribution in [1.82, 2.24) is 20.2 Å². The number of thiophene rings is 1. The topological polar surface area (TPSA) is 104 Å². The maximum absolute atomic E-state index is 13.8. The fourth-order valence-electron chi connectivity index (χ4n) is 6.94. The summed E-state index contributed by atoms with van der Waals surface area (Å²) in [6.07, 6.45) is 8.96. The van der Waals surface area contributed by atoms with Crippen LogP contribution < -0.4 is 10.0 Å². The Kier molecular flexibility index (Phi) is 9.50. The molecule has 1 unspecified atom stereocenters. The first-order valence-corrected chi connectivity index (χ1v) is 19.1. The smallest absolute Gasteiger partial charge is 0.261 e. The van der Waals surface area contributed by atoms with E-state index >= 15 is 0 Å². The molecule has 1 aromatic carbocycles. The Hall–Kier alpha value is -3.34. The van der Waals surface area contributed by atoms with Crippen molar-refractivity contribution in [2.75, 3.05) is 30.6 Å². The monoisotopic (exact) mass is 659 g/mol. The summed E-state index contributed by atoms with van der Waals surface area (Å²) >= 11 is 1.45. The quantitative estimate of drug-likeness (QED) is 0.202. The van der Waals surface area contributed by atoms with Crippen LogP contribution in [-0.2, 0) is 22.9 Å². The van der Waals surface area contributed by atoms with Crippen LogP contribution in [-0.4, -0.2) is 55.1 Å². The number of piperidine rings is 1. The van der Waals surface area contributed by atoms with Gasteiger partial charge in [0.2, 0.25) is 10.0 Å². The summed E-state index contributed by atoms with van der Waals surface area (Å²) in [5, 5.41) is 4.32. The second kappa shape index (κ2) is 13.4. The SMILES string of the molecule is CC(C)(C)[C@H]1CCc2nc3sc(C(=O)NC(CCN4CCC(c5ccccn5)CC4)c4cccc(NS(C)(=O)=O)c4)cc3cc2C1. The predicted octanol–water partition coefficient (Wildman–Crippen LogP) is 6.95. The third-order valence-electron chi connectivity index (χ3n) is 9.65. The van der Waals surface area contributed by atoms with E-state index in [-0.39, 0.29) is 17.4 Å². The minimum absolute atomic E-state index is 0.131. The molecule has 4 aromatic rings. The molecule has 2 atom stereocenters. The van der Waals surface area contributed by atoms with E-state index in [1.165, 1.54) is 22.6 Å². The molecule has 0 spiro atoms. The number of hydrogen-bond donors (Lipinski definition) is 2. The molecule has 0 bridgehead atoms. The number of fused-ring (bicyclic) bond motifs is 2. The molecule has 2 N–H and O–H groups in total. The molecule has 2 aliphatic rings. The molecule has 8 nitrogen and oxygen atoms in total. The van der Waals surface area contributed by atoms with Crippen molar-refractivity contribution in [3.8, 4) is 0 Å². The number of aromatic nitrogens is 2. The number of rotatable bonds is 9. The van der Waals surface area contributed by atoms with Crippen molar-refractivity contribution in [2.24, 2.45) is 11.3 Å². The fourth-order valence-corrected chi connectivity index (χ4v) is 8.43. The molecule has 1 amide bonds. The average Bonchev–Trinajstić information content (AvgIpc) is 3.44. The number of nitrogens with zero attached hydrogens (tertiary/aromatic N) is 3. The lowest BCUT2D eigenvalue weighted by atomic mass is 9.71. The van der Waals surface area contributed by atoms with Crippen LogP contribution >= 0.6 is 11.3 Å². The number of likely N-dealkylation sites (tertiary alicyclic amines) is 1. The van der Waals surface area contributed by atoms with Crippen LogP contribution in [0, 0.1) is 11.3 Å². The van der Waals surface area contributed by atoms with Crippen molar-refractivity contribution in [2.45, 2.75) is 71.3 Å². The van der Waals surface area contributed by atoms with Crippen LogP contribution in [0.3, 0.4) is 0 Å². The Labute approximate surface area is 277 Å². The fraction of sp³-hybridized carbons (Fsp3) is 0.472. The van der Waals surface area contributed by atoms with Crippen molar-refractivity contribution in [1.29, 1.82) is 0 Å². The molecule has 0 saturated carbocycles. The van der Waals surface area contributed by atoms with Crippen LogP contribution in [0.4, 0.5) is 5.69 Å². The Balaban J connectivity index is 1.18. The zero-order chi connectivity index (χ0) is 32.5. The highest BCUT2D eigenvalue weighted by atomic mass is 32.2. The van der Waals surface area contributed by atoms with Crippen molar-refractivity contribution in [3.63, 3.8) is 0 Å². The zero-order valence-electron chi connectivity index (χ0n) is 27.3. The summed E-state index contributed by atoms with van der Waals surface area (Å²) in [7, 11) is -3.43. The van der Waals surface area contributed by atoms with Gasteiger partial charge in [-0.3, -0.25) is 14.5 Å². The highest BCUT2D eigenvalue weighted by molar-refractivity contribution is 7.92. The molecule has 3 aromatic heterocycles. The molecule has 1 fully saturated rings. The van der Waals surface area contributed by atoms with Crippen LogP contribution in [0.15, 0.2) is 60.8 Å². The average molecular weight is 660 g/mol. The Morgan fingerprint density at radius 1 is 1.07 bits per heavy atom. The molecule has 4 heterocycles. The van der Waals surface area contributed by atoms with Gasteiger partial charge in [0, 0.05) is 41.1 Å². The third-order valence-corrected chi connectivity index (χ3v) is 11.3. The van der Waals surface area contributed by atoms with Gasteiger partial charge in [-0.15, -0.1) is 11.3 Å². The highest BCUT2D eigenvalue weighted by Crippen LogP contribution is 2.38. The number of carbonyl (C=O) groups excluding carboxylic acids is 1. The van der Waals surface area contributed by atoms with Gasteiger partial charge in [-0.1, -0.05) is 39.0 Å². The van der Waals surface area contributed by atoms with E-state index in [1.54, 1.807) is 6.07 Å². The first kappa shape index (κ1) is 32.6. The number of hydrogen-bond acceptors (Lipinski definition) is 7. The van der Waals surface area contributed by atoms with Gasteiger partial charge >= 0.3 is 0 Å². The molecular formula is C36H45N5O3S2. The normalized spacial score (nSPS) is 18.7. The van der Waals surface area contributed by atoms with E-state index in [9.17, 15) is 13.2 Å². The number of pyridine rings is 2. The second-order valence-electron chi connectivity index (χ2n) is 14.1. The molecule has 10 heteroatoms. The first-order chi connectivity index (χ1) is 21.9. The molecule has 244 valence electrons. The van der Waals surface area contributed by atoms with Crippen LogP contribution in [0.5, 0.6) is 0 Å². The number of nitrogens with one attached hydrogen (secondary N) is 2. The predicted molar refractivity (Wildman–Crippen MR) is 187 cm³/mol. The zero-order valence-corrected chi connectivity index (χ0v) is 28.9. The summed E-state index contributed by atoms with van der Waals surface area (Å²) in [6.45, 7) is 9.71. The maximum atomic E-state index is 13.8. The van der Waals surface area contributed by atoms with Crippen molar-refractivity contribution >= 4 is 43.2 Å². The summed E-state index contributed by atoms with van der Waals surface area (Å²) in [4.78, 5) is 27.4. The van der Waals surface area contributed by atoms with Gasteiger partial charge < -0.3 is 10.2 Å². The molecule has 6 rings (SSSR count). The van der Waals surface area contributed by atoms with E-state index in [0.717, 1.165) is 79.5 Å². The molecule has 1 aliphatic heterocycles. The van der Waals surface area contributed by atoms with Crippen LogP contribution in [0.2, 0.25) is 0 Å². The number of benzene rings is 1. The Bertz CT molecular complexity index is 1790. The maximum Gasteiger partial charge on any atom is 0.261 e. The van der Waals surface area contributed by atoms with Crippen molar-refractivity contribution < 1.29 is 13.2 Å². The lowest BCUT2D eigenvalue weighted by Gasteiger charge is -2.34. The minimum Gasteiger partial charge on any atom is -0.344 e. The van der Waals surface area contributed by atoms with Crippen LogP contribution in [0.1, 0.15) is 90.6 Å². The number of carbonyl (C=O) groups is 1. The van der Waals surface area contributed by atoms with E-state index in [4.69, 9.17) is 4.98 Å². The highest BCUT2D eigenvalue weighted by Gasteiger charge is 2.30. The number of aryl methyl sites for hydroxylation is 1. The summed E-state index contributed by atoms with van der Waals surface area (Å²) < 4.78 is 26.5. The number of amides is 1. The number of sulfonamides is 1. The first-order valence-electron chi connectivity index (χ1n) is 16.4. The second-order valence-corrected chi connectivity index (χ2v) is 16.9. The summed E-state index contributed by atoms with van der Waals surface area (Å²) in [5.74, 6) is 0.960. The molecule has 1 saturated heterocycles.